The third-order valence-electron chi connectivity index (χ3n) is 4.03. The zero-order valence-electron chi connectivity index (χ0n) is 13.5. The second kappa shape index (κ2) is 7.04. The van der Waals surface area contributed by atoms with Crippen LogP contribution in [0.15, 0.2) is 18.3 Å². The molecule has 1 N–H and O–H groups in total. The Labute approximate surface area is 140 Å². The van der Waals surface area contributed by atoms with Crippen LogP contribution in [-0.4, -0.2) is 32.7 Å². The van der Waals surface area contributed by atoms with E-state index in [0.717, 1.165) is 23.8 Å². The van der Waals surface area contributed by atoms with Gasteiger partial charge < -0.3 is 4.90 Å². The number of nitrogens with one attached hydrogen (secondary N) is 1. The Morgan fingerprint density at radius 2 is 2.39 bits per heavy atom. The highest BCUT2D eigenvalue weighted by molar-refractivity contribution is 7.11. The van der Waals surface area contributed by atoms with Gasteiger partial charge in [-0.15, -0.1) is 16.4 Å². The molecule has 3 rings (SSSR count). The van der Waals surface area contributed by atoms with Gasteiger partial charge in [0.05, 0.1) is 12.2 Å². The fourth-order valence-corrected chi connectivity index (χ4v) is 4.00. The van der Waals surface area contributed by atoms with E-state index < -0.39 is 0 Å². The van der Waals surface area contributed by atoms with Crippen molar-refractivity contribution in [3.63, 3.8) is 0 Å². The van der Waals surface area contributed by atoms with E-state index in [1.165, 1.54) is 17.0 Å². The van der Waals surface area contributed by atoms with E-state index in [1.54, 1.807) is 34.6 Å². The largest absolute Gasteiger partial charge is 0.323 e. The van der Waals surface area contributed by atoms with Crippen LogP contribution < -0.4 is 5.32 Å². The van der Waals surface area contributed by atoms with Crippen LogP contribution in [0.5, 0.6) is 0 Å². The highest BCUT2D eigenvalue weighted by Crippen LogP contribution is 2.30. The summed E-state index contributed by atoms with van der Waals surface area (Å²) in [6.45, 7) is 5.41. The fourth-order valence-electron chi connectivity index (χ4n) is 2.71. The number of aromatic nitrogens is 3. The summed E-state index contributed by atoms with van der Waals surface area (Å²) in [4.78, 5) is 20.2. The third kappa shape index (κ3) is 3.85. The first-order chi connectivity index (χ1) is 11.2. The maximum Gasteiger partial charge on any atom is 0.323 e. The predicted molar refractivity (Wildman–Crippen MR) is 90.4 cm³/mol. The monoisotopic (exact) mass is 331 g/mol. The Balaban J connectivity index is 1.66. The first-order valence-electron chi connectivity index (χ1n) is 7.96. The van der Waals surface area contributed by atoms with E-state index >= 15 is 0 Å². The molecule has 0 fully saturated rings. The molecule has 6 nitrogen and oxygen atoms in total. The van der Waals surface area contributed by atoms with Gasteiger partial charge in [0.25, 0.3) is 0 Å². The average molecular weight is 331 g/mol. The number of carbonyl (C=O) groups is 1. The number of fused-ring (bicyclic) bond motifs is 1. The van der Waals surface area contributed by atoms with Crippen LogP contribution >= 0.6 is 11.3 Å². The predicted octanol–water partition coefficient (Wildman–Crippen LogP) is 3.11. The standard InChI is InChI=1S/C16H21N5OS/c1-3-21(16(22)19-14-5-4-8-17-20-14)10-15-18-12-7-6-11(2)9-13(12)23-15/h4-5,8,11H,3,6-7,9-10H2,1-2H3,(H,19,20,22). The van der Waals surface area contributed by atoms with Crippen LogP contribution in [-0.2, 0) is 19.4 Å². The molecular formula is C16H21N5OS. The van der Waals surface area contributed by atoms with Gasteiger partial charge in [-0.2, -0.15) is 5.10 Å². The molecule has 1 aliphatic rings. The van der Waals surface area contributed by atoms with Crippen LogP contribution in [0.25, 0.3) is 0 Å². The lowest BCUT2D eigenvalue weighted by Gasteiger charge is -2.19. The molecule has 1 aliphatic carbocycles. The summed E-state index contributed by atoms with van der Waals surface area (Å²) in [5.74, 6) is 1.20. The normalized spacial score (nSPS) is 16.7. The van der Waals surface area contributed by atoms with Crippen molar-refractivity contribution in [2.45, 2.75) is 39.7 Å². The number of urea groups is 1. The van der Waals surface area contributed by atoms with Crippen molar-refractivity contribution in [3.05, 3.63) is 33.9 Å². The van der Waals surface area contributed by atoms with Crippen LogP contribution in [0.4, 0.5) is 10.6 Å². The molecule has 0 spiro atoms. The number of anilines is 1. The molecule has 2 aromatic rings. The number of aryl methyl sites for hydroxylation is 1. The summed E-state index contributed by atoms with van der Waals surface area (Å²) in [5.41, 5.74) is 1.23. The minimum atomic E-state index is -0.172. The molecule has 0 bridgehead atoms. The number of thiazole rings is 1. The molecule has 23 heavy (non-hydrogen) atoms. The summed E-state index contributed by atoms with van der Waals surface area (Å²) in [6, 6.07) is 3.30. The van der Waals surface area contributed by atoms with Crippen molar-refractivity contribution in [3.8, 4) is 0 Å². The van der Waals surface area contributed by atoms with Crippen LogP contribution in [0.3, 0.4) is 0 Å². The summed E-state index contributed by atoms with van der Waals surface area (Å²) in [7, 11) is 0. The average Bonchev–Trinajstić information content (AvgIpc) is 2.95. The number of hydrogen-bond acceptors (Lipinski definition) is 5. The van der Waals surface area contributed by atoms with E-state index in [2.05, 4.69) is 22.4 Å². The first kappa shape index (κ1) is 15.9. The van der Waals surface area contributed by atoms with E-state index in [0.29, 0.717) is 18.9 Å². The number of nitrogens with zero attached hydrogens (tertiary/aromatic N) is 4. The zero-order chi connectivity index (χ0) is 16.2. The Hall–Kier alpha value is -2.02. The van der Waals surface area contributed by atoms with Gasteiger partial charge >= 0.3 is 6.03 Å². The first-order valence-corrected chi connectivity index (χ1v) is 8.78. The van der Waals surface area contributed by atoms with Crippen molar-refractivity contribution >= 4 is 23.2 Å². The molecule has 0 saturated heterocycles. The maximum atomic E-state index is 12.4. The van der Waals surface area contributed by atoms with Crippen molar-refractivity contribution in [1.82, 2.24) is 20.1 Å². The summed E-state index contributed by atoms with van der Waals surface area (Å²) in [5, 5.41) is 11.4. The van der Waals surface area contributed by atoms with Crippen molar-refractivity contribution < 1.29 is 4.79 Å². The lowest BCUT2D eigenvalue weighted by atomic mass is 9.93. The lowest BCUT2D eigenvalue weighted by Crippen LogP contribution is -2.34. The summed E-state index contributed by atoms with van der Waals surface area (Å²) in [6.07, 6.45) is 4.96. The molecule has 2 heterocycles. The van der Waals surface area contributed by atoms with Gasteiger partial charge in [0.2, 0.25) is 0 Å². The molecule has 0 saturated carbocycles. The van der Waals surface area contributed by atoms with E-state index in [9.17, 15) is 4.79 Å². The second-order valence-electron chi connectivity index (χ2n) is 5.88. The number of hydrogen-bond donors (Lipinski definition) is 1. The topological polar surface area (TPSA) is 71.0 Å². The Kier molecular flexibility index (Phi) is 4.85. The molecule has 1 unspecified atom stereocenters. The van der Waals surface area contributed by atoms with Crippen LogP contribution in [0.1, 0.15) is 35.8 Å². The molecule has 2 aromatic heterocycles. The van der Waals surface area contributed by atoms with Gasteiger partial charge in [-0.1, -0.05) is 6.92 Å². The van der Waals surface area contributed by atoms with Crippen molar-refractivity contribution in [1.29, 1.82) is 0 Å². The molecule has 0 radical (unpaired) electrons. The van der Waals surface area contributed by atoms with Gasteiger partial charge in [-0.3, -0.25) is 5.32 Å². The number of rotatable bonds is 4. The Bertz CT molecular complexity index is 672. The maximum absolute atomic E-state index is 12.4. The molecule has 2 amide bonds. The van der Waals surface area contributed by atoms with Gasteiger partial charge in [-0.25, -0.2) is 9.78 Å². The minimum Gasteiger partial charge on any atom is -0.318 e. The van der Waals surface area contributed by atoms with Crippen molar-refractivity contribution in [2.24, 2.45) is 5.92 Å². The van der Waals surface area contributed by atoms with Gasteiger partial charge in [0.1, 0.15) is 5.01 Å². The fraction of sp³-hybridized carbons (Fsp3) is 0.500. The van der Waals surface area contributed by atoms with Gasteiger partial charge in [0.15, 0.2) is 5.82 Å². The number of amides is 2. The van der Waals surface area contributed by atoms with E-state index in [4.69, 9.17) is 4.98 Å². The number of carbonyl (C=O) groups excluding carboxylic acids is 1. The third-order valence-corrected chi connectivity index (χ3v) is 5.14. The van der Waals surface area contributed by atoms with Gasteiger partial charge in [-0.05, 0) is 44.2 Å². The van der Waals surface area contributed by atoms with Crippen LogP contribution in [0.2, 0.25) is 0 Å². The Morgan fingerprint density at radius 1 is 1.52 bits per heavy atom. The quantitative estimate of drug-likeness (QED) is 0.934. The second-order valence-corrected chi connectivity index (χ2v) is 7.05. The highest BCUT2D eigenvalue weighted by Gasteiger charge is 2.21. The highest BCUT2D eigenvalue weighted by atomic mass is 32.1. The molecule has 7 heteroatoms. The summed E-state index contributed by atoms with van der Waals surface area (Å²) >= 11 is 1.75. The van der Waals surface area contributed by atoms with Gasteiger partial charge in [0, 0.05) is 17.6 Å². The molecule has 1 atom stereocenters. The SMILES string of the molecule is CCN(Cc1nc2c(s1)CC(C)CC2)C(=O)Nc1cccnn1. The molecule has 122 valence electrons. The molecule has 0 aliphatic heterocycles. The smallest absolute Gasteiger partial charge is 0.318 e. The van der Waals surface area contributed by atoms with E-state index in [-0.39, 0.29) is 6.03 Å². The lowest BCUT2D eigenvalue weighted by molar-refractivity contribution is 0.212. The van der Waals surface area contributed by atoms with E-state index in [1.807, 2.05) is 6.92 Å². The molecule has 0 aromatic carbocycles. The molecular weight excluding hydrogens is 310 g/mol. The minimum absolute atomic E-state index is 0.172. The Morgan fingerprint density at radius 3 is 3.13 bits per heavy atom. The zero-order valence-corrected chi connectivity index (χ0v) is 14.3. The summed E-state index contributed by atoms with van der Waals surface area (Å²) < 4.78 is 0. The van der Waals surface area contributed by atoms with Crippen molar-refractivity contribution in [2.75, 3.05) is 11.9 Å². The van der Waals surface area contributed by atoms with Crippen LogP contribution in [0, 0.1) is 5.92 Å².